The molecule has 21 heavy (non-hydrogen) atoms. The molecule has 8 heteroatoms. The summed E-state index contributed by atoms with van der Waals surface area (Å²) in [7, 11) is 0. The predicted octanol–water partition coefficient (Wildman–Crippen LogP) is 4.67. The minimum absolute atomic E-state index is 0.0750. The van der Waals surface area contributed by atoms with E-state index in [1.807, 2.05) is 0 Å². The van der Waals surface area contributed by atoms with E-state index in [-0.39, 0.29) is 11.8 Å². The van der Waals surface area contributed by atoms with Crippen molar-refractivity contribution < 1.29 is 9.59 Å². The smallest absolute Gasteiger partial charge is 0.257 e. The van der Waals surface area contributed by atoms with Crippen LogP contribution >= 0.6 is 54.8 Å². The lowest BCUT2D eigenvalue weighted by atomic mass is 10.1. The maximum atomic E-state index is 12.3. The van der Waals surface area contributed by atoms with Crippen LogP contribution in [0.5, 0.6) is 0 Å². The Bertz CT molecular complexity index is 776. The van der Waals surface area contributed by atoms with E-state index >= 15 is 0 Å². The lowest BCUT2D eigenvalue weighted by molar-refractivity contribution is -0.115. The lowest BCUT2D eigenvalue weighted by Gasteiger charge is -2.09. The van der Waals surface area contributed by atoms with Gasteiger partial charge in [0.15, 0.2) is 0 Å². The van der Waals surface area contributed by atoms with Crippen molar-refractivity contribution in [3.8, 4) is 0 Å². The summed E-state index contributed by atoms with van der Waals surface area (Å²) in [6, 6.07) is 5.11. The molecule has 0 atom stereocenters. The Balaban J connectivity index is 1.89. The van der Waals surface area contributed by atoms with E-state index in [0.717, 1.165) is 13.1 Å². The quantitative estimate of drug-likeness (QED) is 0.699. The van der Waals surface area contributed by atoms with Gasteiger partial charge in [0, 0.05) is 5.69 Å². The Kier molecular flexibility index (Phi) is 4.09. The summed E-state index contributed by atoms with van der Waals surface area (Å²) >= 11 is 14.2. The molecule has 1 aliphatic rings. The number of nitrogens with one attached hydrogen (secondary N) is 2. The third kappa shape index (κ3) is 3.01. The number of rotatable bonds is 2. The minimum Gasteiger partial charge on any atom is -0.325 e. The summed E-state index contributed by atoms with van der Waals surface area (Å²) < 4.78 is 1.59. The average Bonchev–Trinajstić information content (AvgIpc) is 2.91. The first-order valence-electron chi connectivity index (χ1n) is 5.82. The molecule has 1 aliphatic heterocycles. The first kappa shape index (κ1) is 15.0. The van der Waals surface area contributed by atoms with Crippen LogP contribution in [0.3, 0.4) is 0 Å². The normalized spacial score (nSPS) is 13.0. The summed E-state index contributed by atoms with van der Waals surface area (Å²) in [5.74, 6) is -0.336. The largest absolute Gasteiger partial charge is 0.325 e. The van der Waals surface area contributed by atoms with E-state index in [4.69, 9.17) is 11.6 Å². The second kappa shape index (κ2) is 5.72. The second-order valence-electron chi connectivity index (χ2n) is 4.41. The molecule has 2 N–H and O–H groups in total. The maximum Gasteiger partial charge on any atom is 0.257 e. The van der Waals surface area contributed by atoms with Crippen molar-refractivity contribution in [3.05, 3.63) is 41.9 Å². The van der Waals surface area contributed by atoms with E-state index in [0.29, 0.717) is 28.4 Å². The SMILES string of the molecule is O=C1Cc2cc(NC(=O)c3cc(Br)sc3Br)c(Cl)cc2N1. The molecular formula is C13H7Br2ClN2O2S. The van der Waals surface area contributed by atoms with Crippen LogP contribution in [0.15, 0.2) is 25.8 Å². The standard InChI is InChI=1S/C13H7Br2ClN2O2S/c14-10-3-6(12(15)21-10)13(20)18-9-1-5-2-11(19)17-8(5)4-7(9)16/h1,3-4H,2H2,(H,17,19)(H,18,20). The van der Waals surface area contributed by atoms with Crippen molar-refractivity contribution in [2.24, 2.45) is 0 Å². The number of carbonyl (C=O) groups excluding carboxylic acids is 2. The van der Waals surface area contributed by atoms with Gasteiger partial charge in [0.2, 0.25) is 5.91 Å². The fraction of sp³-hybridized carbons (Fsp3) is 0.0769. The van der Waals surface area contributed by atoms with Crippen LogP contribution in [0.4, 0.5) is 11.4 Å². The highest BCUT2D eigenvalue weighted by Gasteiger charge is 2.21. The molecule has 2 aromatic rings. The highest BCUT2D eigenvalue weighted by atomic mass is 79.9. The van der Waals surface area contributed by atoms with Gasteiger partial charge in [0.05, 0.1) is 30.3 Å². The number of hydrogen-bond donors (Lipinski definition) is 2. The molecule has 108 valence electrons. The molecule has 3 rings (SSSR count). The van der Waals surface area contributed by atoms with Crippen molar-refractivity contribution >= 4 is 78.0 Å². The van der Waals surface area contributed by atoms with Crippen LogP contribution < -0.4 is 10.6 Å². The number of fused-ring (bicyclic) bond motifs is 1. The molecule has 0 saturated carbocycles. The second-order valence-corrected chi connectivity index (χ2v) is 8.56. The van der Waals surface area contributed by atoms with Gasteiger partial charge in [-0.1, -0.05) is 11.6 Å². The Morgan fingerprint density at radius 3 is 2.76 bits per heavy atom. The average molecular weight is 451 g/mol. The van der Waals surface area contributed by atoms with E-state index < -0.39 is 0 Å². The van der Waals surface area contributed by atoms with Crippen LogP contribution in [0.2, 0.25) is 5.02 Å². The first-order valence-corrected chi connectivity index (χ1v) is 8.60. The number of thiophene rings is 1. The molecule has 0 saturated heterocycles. The van der Waals surface area contributed by atoms with Gasteiger partial charge in [0.25, 0.3) is 5.91 Å². The van der Waals surface area contributed by atoms with Crippen molar-refractivity contribution in [1.82, 2.24) is 0 Å². The zero-order valence-corrected chi connectivity index (χ0v) is 15.0. The van der Waals surface area contributed by atoms with Crippen molar-refractivity contribution in [2.45, 2.75) is 6.42 Å². The number of halogens is 3. The fourth-order valence-corrected chi connectivity index (χ4v) is 5.03. The molecule has 2 amide bonds. The Morgan fingerprint density at radius 2 is 2.10 bits per heavy atom. The van der Waals surface area contributed by atoms with E-state index in [1.165, 1.54) is 11.3 Å². The van der Waals surface area contributed by atoms with E-state index in [9.17, 15) is 9.59 Å². The summed E-state index contributed by atoms with van der Waals surface area (Å²) in [5, 5.41) is 5.87. The van der Waals surface area contributed by atoms with E-state index in [1.54, 1.807) is 18.2 Å². The maximum absolute atomic E-state index is 12.3. The van der Waals surface area contributed by atoms with Crippen LogP contribution in [0, 0.1) is 0 Å². The number of anilines is 2. The predicted molar refractivity (Wildman–Crippen MR) is 91.5 cm³/mol. The van der Waals surface area contributed by atoms with Gasteiger partial charge in [-0.05, 0) is 55.6 Å². The zero-order chi connectivity index (χ0) is 15.1. The Labute approximate surface area is 146 Å². The number of benzene rings is 1. The fourth-order valence-electron chi connectivity index (χ4n) is 2.03. The van der Waals surface area contributed by atoms with E-state index in [2.05, 4.69) is 42.5 Å². The van der Waals surface area contributed by atoms with Gasteiger partial charge in [-0.3, -0.25) is 9.59 Å². The van der Waals surface area contributed by atoms with Crippen LogP contribution in [-0.2, 0) is 11.2 Å². The molecule has 1 aromatic heterocycles. The highest BCUT2D eigenvalue weighted by Crippen LogP contribution is 2.35. The van der Waals surface area contributed by atoms with Gasteiger partial charge in [-0.2, -0.15) is 0 Å². The van der Waals surface area contributed by atoms with Crippen molar-refractivity contribution in [3.63, 3.8) is 0 Å². The molecule has 1 aromatic carbocycles. The minimum atomic E-state index is -0.261. The van der Waals surface area contributed by atoms with Crippen LogP contribution in [0.1, 0.15) is 15.9 Å². The van der Waals surface area contributed by atoms with Crippen molar-refractivity contribution in [1.29, 1.82) is 0 Å². The molecule has 2 heterocycles. The Morgan fingerprint density at radius 1 is 1.33 bits per heavy atom. The summed E-state index contributed by atoms with van der Waals surface area (Å²) in [6.07, 6.45) is 0.295. The van der Waals surface area contributed by atoms with Gasteiger partial charge in [-0.15, -0.1) is 11.3 Å². The van der Waals surface area contributed by atoms with Gasteiger partial charge in [-0.25, -0.2) is 0 Å². The molecule has 0 fully saturated rings. The van der Waals surface area contributed by atoms with Crippen molar-refractivity contribution in [2.75, 3.05) is 10.6 Å². The van der Waals surface area contributed by atoms with Crippen LogP contribution in [0.25, 0.3) is 0 Å². The van der Waals surface area contributed by atoms with Crippen LogP contribution in [-0.4, -0.2) is 11.8 Å². The molecule has 0 aliphatic carbocycles. The molecule has 4 nitrogen and oxygen atoms in total. The zero-order valence-electron chi connectivity index (χ0n) is 10.3. The third-order valence-corrected chi connectivity index (χ3v) is 5.62. The first-order chi connectivity index (χ1) is 9.94. The molecule has 0 spiro atoms. The summed E-state index contributed by atoms with van der Waals surface area (Å²) in [6.45, 7) is 0. The summed E-state index contributed by atoms with van der Waals surface area (Å²) in [5.41, 5.74) is 2.54. The van der Waals surface area contributed by atoms with Gasteiger partial charge >= 0.3 is 0 Å². The molecular weight excluding hydrogens is 443 g/mol. The van der Waals surface area contributed by atoms with Gasteiger partial charge in [0.1, 0.15) is 0 Å². The van der Waals surface area contributed by atoms with Gasteiger partial charge < -0.3 is 10.6 Å². The number of carbonyl (C=O) groups is 2. The third-order valence-electron chi connectivity index (χ3n) is 2.97. The highest BCUT2D eigenvalue weighted by molar-refractivity contribution is 9.12. The molecule has 0 bridgehead atoms. The lowest BCUT2D eigenvalue weighted by Crippen LogP contribution is -2.12. The Hall–Kier alpha value is -0.890. The number of hydrogen-bond acceptors (Lipinski definition) is 3. The summed E-state index contributed by atoms with van der Waals surface area (Å²) in [4.78, 5) is 23.6. The molecule has 0 radical (unpaired) electrons. The monoisotopic (exact) mass is 448 g/mol. The number of amides is 2. The molecule has 0 unspecified atom stereocenters. The topological polar surface area (TPSA) is 58.2 Å².